The van der Waals surface area contributed by atoms with Gasteiger partial charge in [-0.25, -0.2) is 4.39 Å². The van der Waals surface area contributed by atoms with Crippen LogP contribution in [0.4, 0.5) is 10.1 Å². The highest BCUT2D eigenvalue weighted by Crippen LogP contribution is 2.47. The number of rotatable bonds is 1. The van der Waals surface area contributed by atoms with Gasteiger partial charge in [-0.1, -0.05) is 26.0 Å². The maximum Gasteiger partial charge on any atom is 0.264 e. The van der Waals surface area contributed by atoms with Gasteiger partial charge in [0.25, 0.3) is 5.91 Å². The first-order valence-electron chi connectivity index (χ1n) is 9.52. The van der Waals surface area contributed by atoms with Gasteiger partial charge in [-0.3, -0.25) is 14.7 Å². The number of halogens is 1. The van der Waals surface area contributed by atoms with Crippen LogP contribution in [-0.2, 0) is 6.42 Å². The molecule has 2 aromatic carbocycles. The van der Waals surface area contributed by atoms with Crippen LogP contribution in [0.3, 0.4) is 0 Å². The van der Waals surface area contributed by atoms with E-state index >= 15 is 0 Å². The lowest BCUT2D eigenvalue weighted by Gasteiger charge is -2.30. The second kappa shape index (κ2) is 5.51. The molecule has 4 heteroatoms. The van der Waals surface area contributed by atoms with Gasteiger partial charge in [0, 0.05) is 16.6 Å². The molecular weight excluding hydrogens is 351 g/mol. The second-order valence-corrected chi connectivity index (χ2v) is 8.65. The van der Waals surface area contributed by atoms with Crippen LogP contribution in [0, 0.1) is 25.1 Å². The van der Waals surface area contributed by atoms with Crippen LogP contribution >= 0.6 is 0 Å². The fourth-order valence-corrected chi connectivity index (χ4v) is 4.57. The Kier molecular flexibility index (Phi) is 3.36. The van der Waals surface area contributed by atoms with Gasteiger partial charge in [0.2, 0.25) is 0 Å². The number of anilines is 1. The predicted octanol–water partition coefficient (Wildman–Crippen LogP) is 5.57. The third kappa shape index (κ3) is 2.40. The first-order valence-corrected chi connectivity index (χ1v) is 9.52. The van der Waals surface area contributed by atoms with Crippen LogP contribution in [0.5, 0.6) is 0 Å². The van der Waals surface area contributed by atoms with Crippen molar-refractivity contribution in [1.82, 2.24) is 4.98 Å². The van der Waals surface area contributed by atoms with Gasteiger partial charge in [0.15, 0.2) is 0 Å². The molecule has 5 rings (SSSR count). The summed E-state index contributed by atoms with van der Waals surface area (Å²) >= 11 is 0. The highest BCUT2D eigenvalue weighted by atomic mass is 19.1. The lowest BCUT2D eigenvalue weighted by Crippen LogP contribution is -2.26. The van der Waals surface area contributed by atoms with Crippen LogP contribution in [0.25, 0.3) is 16.6 Å². The van der Waals surface area contributed by atoms with Crippen LogP contribution < -0.4 is 4.90 Å². The van der Waals surface area contributed by atoms with Crippen molar-refractivity contribution in [3.05, 3.63) is 76.2 Å². The molecule has 0 N–H and O–H groups in total. The largest absolute Gasteiger partial charge is 0.277 e. The summed E-state index contributed by atoms with van der Waals surface area (Å²) in [6.07, 6.45) is 2.91. The molecule has 0 bridgehead atoms. The fourth-order valence-electron chi connectivity index (χ4n) is 4.57. The van der Waals surface area contributed by atoms with Crippen molar-refractivity contribution in [2.45, 2.75) is 34.1 Å². The number of allylic oxidation sites excluding steroid dienone is 1. The molecular formula is C24H21FN2O. The first-order chi connectivity index (χ1) is 13.2. The predicted molar refractivity (Wildman–Crippen MR) is 110 cm³/mol. The van der Waals surface area contributed by atoms with Gasteiger partial charge >= 0.3 is 0 Å². The number of aryl methyl sites for hydroxylation is 2. The van der Waals surface area contributed by atoms with Gasteiger partial charge in [-0.05, 0) is 67.1 Å². The molecule has 3 nitrogen and oxygen atoms in total. The number of aromatic nitrogens is 1. The maximum atomic E-state index is 14.0. The molecule has 0 atom stereocenters. The number of fused-ring (bicyclic) bond motifs is 2. The molecule has 1 aliphatic carbocycles. The molecule has 0 saturated heterocycles. The van der Waals surface area contributed by atoms with E-state index in [0.717, 1.165) is 40.2 Å². The molecule has 0 unspecified atom stereocenters. The van der Waals surface area contributed by atoms with E-state index < -0.39 is 0 Å². The Bertz CT molecular complexity index is 1200. The topological polar surface area (TPSA) is 33.2 Å². The minimum absolute atomic E-state index is 0.108. The summed E-state index contributed by atoms with van der Waals surface area (Å²) in [6, 6.07) is 10.6. The zero-order valence-corrected chi connectivity index (χ0v) is 16.4. The molecule has 28 heavy (non-hydrogen) atoms. The zero-order valence-electron chi connectivity index (χ0n) is 16.4. The van der Waals surface area contributed by atoms with Crippen molar-refractivity contribution in [3.8, 4) is 0 Å². The lowest BCUT2D eigenvalue weighted by atomic mass is 9.79. The third-order valence-electron chi connectivity index (χ3n) is 5.55. The molecule has 2 aliphatic rings. The first kappa shape index (κ1) is 17.1. The van der Waals surface area contributed by atoms with E-state index in [4.69, 9.17) is 4.98 Å². The number of amides is 1. The standard InChI is InChI=1S/C24H21FN2O/c1-13-7-14(2)9-16(8-13)27-20-12-24(3,4)11-19-22(20)21(23(27)28)17-10-15(25)5-6-18(17)26-19/h5-10,12H,11H2,1-4H3. The molecule has 1 amide bonds. The van der Waals surface area contributed by atoms with E-state index in [9.17, 15) is 9.18 Å². The molecule has 1 aromatic heterocycles. The summed E-state index contributed by atoms with van der Waals surface area (Å²) < 4.78 is 14.0. The highest BCUT2D eigenvalue weighted by Gasteiger charge is 2.42. The Balaban J connectivity index is 1.86. The van der Waals surface area contributed by atoms with E-state index in [0.29, 0.717) is 16.5 Å². The summed E-state index contributed by atoms with van der Waals surface area (Å²) in [7, 11) is 0. The summed E-state index contributed by atoms with van der Waals surface area (Å²) in [5, 5.41) is 0.584. The normalized spacial score (nSPS) is 17.1. The van der Waals surface area contributed by atoms with Crippen molar-refractivity contribution >= 4 is 28.2 Å². The number of pyridine rings is 1. The van der Waals surface area contributed by atoms with Crippen LogP contribution in [0.15, 0.2) is 42.5 Å². The molecule has 140 valence electrons. The number of hydrogen-bond acceptors (Lipinski definition) is 2. The number of benzene rings is 2. The Hall–Kier alpha value is -3.01. The van der Waals surface area contributed by atoms with Crippen molar-refractivity contribution in [1.29, 1.82) is 0 Å². The summed E-state index contributed by atoms with van der Waals surface area (Å²) in [5.74, 6) is -0.465. The SMILES string of the molecule is Cc1cc(C)cc(N2C(=O)c3c4c(nc5ccc(F)cc35)CC(C)(C)C=C42)c1. The van der Waals surface area contributed by atoms with Crippen molar-refractivity contribution in [2.24, 2.45) is 5.41 Å². The maximum absolute atomic E-state index is 14.0. The van der Waals surface area contributed by atoms with Gasteiger partial charge < -0.3 is 0 Å². The Labute approximate surface area is 163 Å². The molecule has 0 spiro atoms. The summed E-state index contributed by atoms with van der Waals surface area (Å²) in [4.78, 5) is 20.2. The van der Waals surface area contributed by atoms with Gasteiger partial charge in [0.05, 0.1) is 22.5 Å². The van der Waals surface area contributed by atoms with E-state index in [1.165, 1.54) is 12.1 Å². The van der Waals surface area contributed by atoms with Crippen LogP contribution in [-0.4, -0.2) is 10.9 Å². The van der Waals surface area contributed by atoms with E-state index in [-0.39, 0.29) is 17.1 Å². The molecule has 3 aromatic rings. The molecule has 0 saturated carbocycles. The Morgan fingerprint density at radius 1 is 1.04 bits per heavy atom. The van der Waals surface area contributed by atoms with Crippen molar-refractivity contribution in [2.75, 3.05) is 4.90 Å². The smallest absolute Gasteiger partial charge is 0.264 e. The highest BCUT2D eigenvalue weighted by molar-refractivity contribution is 6.27. The van der Waals surface area contributed by atoms with E-state index in [1.54, 1.807) is 11.0 Å². The minimum Gasteiger partial charge on any atom is -0.277 e. The molecule has 1 aliphatic heterocycles. The fraction of sp³-hybridized carbons (Fsp3) is 0.250. The van der Waals surface area contributed by atoms with Gasteiger partial charge in [-0.2, -0.15) is 0 Å². The third-order valence-corrected chi connectivity index (χ3v) is 5.55. The zero-order chi connectivity index (χ0) is 19.8. The second-order valence-electron chi connectivity index (χ2n) is 8.65. The average molecular weight is 372 g/mol. The lowest BCUT2D eigenvalue weighted by molar-refractivity contribution is 0.101. The number of carbonyl (C=O) groups excluding carboxylic acids is 1. The van der Waals surface area contributed by atoms with E-state index in [2.05, 4.69) is 26.0 Å². The van der Waals surface area contributed by atoms with E-state index in [1.807, 2.05) is 26.0 Å². The number of hydrogen-bond donors (Lipinski definition) is 0. The molecule has 0 radical (unpaired) electrons. The number of carbonyl (C=O) groups is 1. The number of nitrogens with zero attached hydrogens (tertiary/aromatic N) is 2. The summed E-state index contributed by atoms with van der Waals surface area (Å²) in [6.45, 7) is 8.37. The van der Waals surface area contributed by atoms with Gasteiger partial charge in [-0.15, -0.1) is 0 Å². The van der Waals surface area contributed by atoms with Crippen LogP contribution in [0.2, 0.25) is 0 Å². The quantitative estimate of drug-likeness (QED) is 0.559. The van der Waals surface area contributed by atoms with Crippen LogP contribution in [0.1, 0.15) is 46.6 Å². The Morgan fingerprint density at radius 2 is 1.75 bits per heavy atom. The van der Waals surface area contributed by atoms with Crippen molar-refractivity contribution < 1.29 is 9.18 Å². The summed E-state index contributed by atoms with van der Waals surface area (Å²) in [5.41, 5.74) is 6.81. The van der Waals surface area contributed by atoms with Gasteiger partial charge in [0.1, 0.15) is 5.82 Å². The molecule has 0 fully saturated rings. The minimum atomic E-state index is -0.357. The average Bonchev–Trinajstić information content (AvgIpc) is 2.86. The monoisotopic (exact) mass is 372 g/mol. The van der Waals surface area contributed by atoms with Crippen molar-refractivity contribution in [3.63, 3.8) is 0 Å². The molecule has 2 heterocycles. The Morgan fingerprint density at radius 3 is 2.46 bits per heavy atom.